The minimum absolute atomic E-state index is 0.274. The summed E-state index contributed by atoms with van der Waals surface area (Å²) in [6.07, 6.45) is 1.52. The summed E-state index contributed by atoms with van der Waals surface area (Å²) in [6.45, 7) is 0.292. The van der Waals surface area contributed by atoms with Crippen LogP contribution in [-0.2, 0) is 6.54 Å². The highest BCUT2D eigenvalue weighted by Crippen LogP contribution is 2.15. The van der Waals surface area contributed by atoms with Crippen LogP contribution in [0.3, 0.4) is 0 Å². The second kappa shape index (κ2) is 7.71. The Labute approximate surface area is 149 Å². The number of anilines is 2. The van der Waals surface area contributed by atoms with Gasteiger partial charge in [-0.3, -0.25) is 5.32 Å². The van der Waals surface area contributed by atoms with Crippen LogP contribution >= 0.6 is 12.2 Å². The number of nitrogens with zero attached hydrogens (tertiary/aromatic N) is 3. The first-order chi connectivity index (χ1) is 12.1. The van der Waals surface area contributed by atoms with Crippen molar-refractivity contribution in [2.45, 2.75) is 6.54 Å². The van der Waals surface area contributed by atoms with Gasteiger partial charge in [-0.2, -0.15) is 0 Å². The van der Waals surface area contributed by atoms with Crippen molar-refractivity contribution in [1.82, 2.24) is 14.8 Å². The molecule has 6 nitrogen and oxygen atoms in total. The van der Waals surface area contributed by atoms with Crippen LogP contribution in [0.25, 0.3) is 0 Å². The molecule has 128 valence electrons. The van der Waals surface area contributed by atoms with Crippen molar-refractivity contribution < 1.29 is 9.13 Å². The summed E-state index contributed by atoms with van der Waals surface area (Å²) in [6, 6.07) is 13.9. The van der Waals surface area contributed by atoms with Crippen LogP contribution in [0.5, 0.6) is 5.75 Å². The number of nitrogens with one attached hydrogen (secondary N) is 2. The van der Waals surface area contributed by atoms with Gasteiger partial charge in [-0.05, 0) is 42.5 Å². The van der Waals surface area contributed by atoms with Crippen LogP contribution in [0.1, 0.15) is 5.56 Å². The molecule has 0 saturated heterocycles. The first-order valence-corrected chi connectivity index (χ1v) is 7.90. The maximum Gasteiger partial charge on any atom is 0.248 e. The van der Waals surface area contributed by atoms with E-state index in [0.29, 0.717) is 23.2 Å². The molecule has 0 spiro atoms. The van der Waals surface area contributed by atoms with E-state index in [1.165, 1.54) is 17.1 Å². The smallest absolute Gasteiger partial charge is 0.248 e. The van der Waals surface area contributed by atoms with Crippen LogP contribution in [0.4, 0.5) is 16.0 Å². The highest BCUT2D eigenvalue weighted by Gasteiger charge is 2.06. The van der Waals surface area contributed by atoms with E-state index >= 15 is 0 Å². The molecular formula is C17H16FN5OS. The molecule has 0 amide bonds. The molecular weight excluding hydrogens is 341 g/mol. The molecule has 3 rings (SSSR count). The van der Waals surface area contributed by atoms with E-state index in [9.17, 15) is 4.39 Å². The minimum atomic E-state index is -0.274. The lowest BCUT2D eigenvalue weighted by Crippen LogP contribution is -2.20. The Morgan fingerprint density at radius 3 is 2.64 bits per heavy atom. The number of methoxy groups -OCH3 is 1. The molecule has 0 aliphatic heterocycles. The standard InChI is InChI=1S/C17H16FN5OS/c1-24-14-8-6-13(7-9-14)20-17(25)21-16-19-11-23(22-16)10-12-4-2-3-5-15(12)18/h2-9,11H,10H2,1H3,(H2,20,21,22,25). The van der Waals surface area contributed by atoms with Crippen LogP contribution < -0.4 is 15.4 Å². The summed E-state index contributed by atoms with van der Waals surface area (Å²) >= 11 is 5.24. The van der Waals surface area contributed by atoms with Crippen LogP contribution in [0, 0.1) is 5.82 Å². The molecule has 1 aromatic heterocycles. The number of hydrogen-bond donors (Lipinski definition) is 2. The number of halogens is 1. The molecule has 2 aromatic carbocycles. The number of hydrogen-bond acceptors (Lipinski definition) is 4. The van der Waals surface area contributed by atoms with Gasteiger partial charge in [-0.1, -0.05) is 18.2 Å². The Kier molecular flexibility index (Phi) is 5.20. The third-order valence-electron chi connectivity index (χ3n) is 3.40. The van der Waals surface area contributed by atoms with Gasteiger partial charge in [0.1, 0.15) is 17.9 Å². The van der Waals surface area contributed by atoms with E-state index in [-0.39, 0.29) is 5.82 Å². The molecule has 0 radical (unpaired) electrons. The number of thiocarbonyl (C=S) groups is 1. The van der Waals surface area contributed by atoms with E-state index in [1.807, 2.05) is 24.3 Å². The normalized spacial score (nSPS) is 10.3. The predicted molar refractivity (Wildman–Crippen MR) is 98.4 cm³/mol. The summed E-state index contributed by atoms with van der Waals surface area (Å²) in [5.41, 5.74) is 1.35. The van der Waals surface area contributed by atoms with E-state index in [4.69, 9.17) is 17.0 Å². The molecule has 0 saturated carbocycles. The summed E-state index contributed by atoms with van der Waals surface area (Å²) in [7, 11) is 1.61. The summed E-state index contributed by atoms with van der Waals surface area (Å²) < 4.78 is 20.3. The van der Waals surface area contributed by atoms with E-state index in [2.05, 4.69) is 20.7 Å². The van der Waals surface area contributed by atoms with Gasteiger partial charge in [0.15, 0.2) is 5.11 Å². The molecule has 2 N–H and O–H groups in total. The molecule has 8 heteroatoms. The summed E-state index contributed by atoms with van der Waals surface area (Å²) in [4.78, 5) is 4.12. The number of aromatic nitrogens is 3. The largest absolute Gasteiger partial charge is 0.497 e. The van der Waals surface area contributed by atoms with Gasteiger partial charge in [0, 0.05) is 11.3 Å². The molecule has 0 bridgehead atoms. The molecule has 0 aliphatic carbocycles. The van der Waals surface area contributed by atoms with Crippen molar-refractivity contribution in [2.75, 3.05) is 17.7 Å². The average molecular weight is 357 g/mol. The zero-order valence-corrected chi connectivity index (χ0v) is 14.3. The van der Waals surface area contributed by atoms with Crippen LogP contribution in [0.2, 0.25) is 0 Å². The third kappa shape index (κ3) is 4.51. The highest BCUT2D eigenvalue weighted by molar-refractivity contribution is 7.80. The maximum atomic E-state index is 13.7. The highest BCUT2D eigenvalue weighted by atomic mass is 32.1. The Bertz CT molecular complexity index is 865. The lowest BCUT2D eigenvalue weighted by Gasteiger charge is -2.08. The molecule has 0 fully saturated rings. The molecule has 0 unspecified atom stereocenters. The quantitative estimate of drug-likeness (QED) is 0.683. The monoisotopic (exact) mass is 357 g/mol. The van der Waals surface area contributed by atoms with Crippen molar-refractivity contribution in [2.24, 2.45) is 0 Å². The topological polar surface area (TPSA) is 64.0 Å². The van der Waals surface area contributed by atoms with Crippen LogP contribution in [-0.4, -0.2) is 27.0 Å². The van der Waals surface area contributed by atoms with Gasteiger partial charge >= 0.3 is 0 Å². The van der Waals surface area contributed by atoms with Crippen molar-refractivity contribution >= 4 is 29.0 Å². The molecule has 0 aliphatic rings. The molecule has 1 heterocycles. The molecule has 3 aromatic rings. The van der Waals surface area contributed by atoms with Gasteiger partial charge in [0.25, 0.3) is 0 Å². The van der Waals surface area contributed by atoms with Gasteiger partial charge < -0.3 is 10.1 Å². The maximum absolute atomic E-state index is 13.7. The predicted octanol–water partition coefficient (Wildman–Crippen LogP) is 3.28. The fraction of sp³-hybridized carbons (Fsp3) is 0.118. The second-order valence-electron chi connectivity index (χ2n) is 5.16. The van der Waals surface area contributed by atoms with Gasteiger partial charge in [0.05, 0.1) is 13.7 Å². The van der Waals surface area contributed by atoms with E-state index in [1.54, 1.807) is 25.3 Å². The van der Waals surface area contributed by atoms with Gasteiger partial charge in [-0.15, -0.1) is 5.10 Å². The van der Waals surface area contributed by atoms with E-state index < -0.39 is 0 Å². The number of ether oxygens (including phenoxy) is 1. The second-order valence-corrected chi connectivity index (χ2v) is 5.57. The zero-order chi connectivity index (χ0) is 17.6. The fourth-order valence-corrected chi connectivity index (χ4v) is 2.38. The Morgan fingerprint density at radius 1 is 1.16 bits per heavy atom. The first kappa shape index (κ1) is 16.8. The zero-order valence-electron chi connectivity index (χ0n) is 13.4. The van der Waals surface area contributed by atoms with Gasteiger partial charge in [0.2, 0.25) is 5.95 Å². The van der Waals surface area contributed by atoms with Crippen molar-refractivity contribution in [3.05, 3.63) is 66.2 Å². The minimum Gasteiger partial charge on any atom is -0.497 e. The lowest BCUT2D eigenvalue weighted by molar-refractivity contribution is 0.415. The molecule has 0 atom stereocenters. The third-order valence-corrected chi connectivity index (χ3v) is 3.60. The number of benzene rings is 2. The summed E-state index contributed by atoms with van der Waals surface area (Å²) in [5, 5.41) is 10.5. The van der Waals surface area contributed by atoms with Crippen molar-refractivity contribution in [1.29, 1.82) is 0 Å². The Morgan fingerprint density at radius 2 is 1.92 bits per heavy atom. The Balaban J connectivity index is 1.58. The van der Waals surface area contributed by atoms with Gasteiger partial charge in [-0.25, -0.2) is 14.1 Å². The van der Waals surface area contributed by atoms with E-state index in [0.717, 1.165) is 11.4 Å². The first-order valence-electron chi connectivity index (χ1n) is 7.49. The number of rotatable bonds is 5. The fourth-order valence-electron chi connectivity index (χ4n) is 2.17. The lowest BCUT2D eigenvalue weighted by atomic mass is 10.2. The average Bonchev–Trinajstić information content (AvgIpc) is 3.04. The van der Waals surface area contributed by atoms with Crippen molar-refractivity contribution in [3.8, 4) is 5.75 Å². The summed E-state index contributed by atoms with van der Waals surface area (Å²) in [5.74, 6) is 0.824. The van der Waals surface area contributed by atoms with Crippen LogP contribution in [0.15, 0.2) is 54.9 Å². The van der Waals surface area contributed by atoms with Crippen molar-refractivity contribution in [3.63, 3.8) is 0 Å². The SMILES string of the molecule is COc1ccc(NC(=S)Nc2ncn(Cc3ccccc3F)n2)cc1. The molecule has 25 heavy (non-hydrogen) atoms. The Hall–Kier alpha value is -3.00.